The van der Waals surface area contributed by atoms with E-state index in [1.165, 1.54) is 36.7 Å². The van der Waals surface area contributed by atoms with Crippen LogP contribution in [-0.2, 0) is 15.9 Å². The fraction of sp³-hybridized carbons (Fsp3) is 0.133. The minimum Gasteiger partial charge on any atom is -0.259 e. The van der Waals surface area contributed by atoms with Crippen LogP contribution in [0.4, 0.5) is 18.9 Å². The molecule has 130 valence electrons. The van der Waals surface area contributed by atoms with E-state index >= 15 is 0 Å². The molecule has 0 saturated carbocycles. The van der Waals surface area contributed by atoms with Gasteiger partial charge < -0.3 is 0 Å². The molecular weight excluding hydrogens is 355 g/mol. The van der Waals surface area contributed by atoms with Crippen LogP contribution >= 0.6 is 0 Å². The Balaban J connectivity index is 1.89. The van der Waals surface area contributed by atoms with Crippen LogP contribution in [0.15, 0.2) is 58.1 Å². The second-order valence-electron chi connectivity index (χ2n) is 5.11. The highest BCUT2D eigenvalue weighted by Gasteiger charge is 2.36. The van der Waals surface area contributed by atoms with Gasteiger partial charge in [0.1, 0.15) is 5.03 Å². The summed E-state index contributed by atoms with van der Waals surface area (Å²) in [4.78, 5) is 7.45. The quantitative estimate of drug-likeness (QED) is 0.765. The minimum atomic E-state index is -4.61. The normalized spacial score (nSPS) is 14.1. The lowest BCUT2D eigenvalue weighted by molar-refractivity contribution is -0.144. The Hall–Kier alpha value is -2.75. The average Bonchev–Trinajstić information content (AvgIpc) is 3.06. The lowest BCUT2D eigenvalue weighted by Crippen LogP contribution is -2.07. The predicted molar refractivity (Wildman–Crippen MR) is 85.5 cm³/mol. The van der Waals surface area contributed by atoms with Crippen LogP contribution in [0.3, 0.4) is 0 Å². The Morgan fingerprint density at radius 2 is 1.84 bits per heavy atom. The van der Waals surface area contributed by atoms with Crippen molar-refractivity contribution in [2.24, 2.45) is 4.36 Å². The topological polar surface area (TPSA) is 83.9 Å². The van der Waals surface area contributed by atoms with Crippen LogP contribution in [0.2, 0.25) is 0 Å². The summed E-state index contributed by atoms with van der Waals surface area (Å²) in [6.07, 6.45) is -1.62. The summed E-state index contributed by atoms with van der Waals surface area (Å²) >= 11 is 0. The largest absolute Gasteiger partial charge is 0.453 e. The molecule has 25 heavy (non-hydrogen) atoms. The van der Waals surface area contributed by atoms with Gasteiger partial charge in [0.05, 0.1) is 15.4 Å². The fourth-order valence-corrected chi connectivity index (χ4v) is 3.22. The summed E-state index contributed by atoms with van der Waals surface area (Å²) in [5.74, 6) is -1.25. The first-order valence-electron chi connectivity index (χ1n) is 6.99. The number of H-pyrrole nitrogens is 1. The molecule has 6 nitrogen and oxygen atoms in total. The van der Waals surface area contributed by atoms with Crippen molar-refractivity contribution in [3.8, 4) is 11.4 Å². The highest BCUT2D eigenvalue weighted by atomic mass is 32.2. The molecule has 0 bridgehead atoms. The van der Waals surface area contributed by atoms with Crippen LogP contribution in [0.1, 0.15) is 5.82 Å². The molecule has 0 aliphatic heterocycles. The van der Waals surface area contributed by atoms with E-state index in [0.29, 0.717) is 16.3 Å². The molecule has 1 unspecified atom stereocenters. The Morgan fingerprint density at radius 3 is 2.40 bits per heavy atom. The molecule has 2 heterocycles. The zero-order chi connectivity index (χ0) is 18.1. The van der Waals surface area contributed by atoms with E-state index in [1.54, 1.807) is 18.2 Å². The maximum Gasteiger partial charge on any atom is 0.453 e. The van der Waals surface area contributed by atoms with E-state index in [2.05, 4.69) is 24.5 Å². The fourth-order valence-electron chi connectivity index (χ4n) is 2.02. The van der Waals surface area contributed by atoms with Gasteiger partial charge in [-0.25, -0.2) is 14.2 Å². The number of hydrogen-bond acceptors (Lipinski definition) is 5. The van der Waals surface area contributed by atoms with Crippen molar-refractivity contribution in [1.82, 2.24) is 20.2 Å². The summed E-state index contributed by atoms with van der Waals surface area (Å²) in [6.45, 7) is 0. The van der Waals surface area contributed by atoms with E-state index in [9.17, 15) is 17.4 Å². The van der Waals surface area contributed by atoms with Crippen molar-refractivity contribution in [2.45, 2.75) is 11.2 Å². The van der Waals surface area contributed by atoms with Gasteiger partial charge in [-0.3, -0.25) is 5.10 Å². The Labute approximate surface area is 141 Å². The van der Waals surface area contributed by atoms with Gasteiger partial charge in [-0.2, -0.15) is 17.5 Å². The van der Waals surface area contributed by atoms with Gasteiger partial charge in [0.15, 0.2) is 5.82 Å². The number of nitrogens with one attached hydrogen (secondary N) is 1. The van der Waals surface area contributed by atoms with Crippen LogP contribution in [0, 0.1) is 0 Å². The lowest BCUT2D eigenvalue weighted by Gasteiger charge is -2.03. The molecule has 0 saturated heterocycles. The monoisotopic (exact) mass is 367 g/mol. The summed E-state index contributed by atoms with van der Waals surface area (Å²) in [5.41, 5.74) is 0.819. The maximum atomic E-state index is 12.6. The standard InChI is InChI=1S/C15H12F3N5OS/c1-25(24,12-4-2-3-9-19-12)23-11-7-5-10(6-8-11)13-20-14(22-21-13)15(16,17)18/h2-9H,1H3,(H,20,21,22). The van der Waals surface area contributed by atoms with Gasteiger partial charge in [-0.1, -0.05) is 6.07 Å². The molecule has 1 atom stereocenters. The van der Waals surface area contributed by atoms with E-state index in [1.807, 2.05) is 0 Å². The zero-order valence-corrected chi connectivity index (χ0v) is 13.7. The number of halogens is 3. The van der Waals surface area contributed by atoms with E-state index < -0.39 is 21.7 Å². The molecule has 10 heteroatoms. The Bertz CT molecular complexity index is 990. The first-order valence-corrected chi connectivity index (χ1v) is 8.91. The number of aromatic amines is 1. The van der Waals surface area contributed by atoms with Gasteiger partial charge >= 0.3 is 6.18 Å². The van der Waals surface area contributed by atoms with Crippen LogP contribution in [0.5, 0.6) is 0 Å². The number of aromatic nitrogens is 4. The second kappa shape index (κ2) is 6.28. The van der Waals surface area contributed by atoms with Crippen molar-refractivity contribution >= 4 is 15.4 Å². The van der Waals surface area contributed by atoms with Gasteiger partial charge in [-0.15, -0.1) is 5.10 Å². The molecule has 2 aromatic heterocycles. The van der Waals surface area contributed by atoms with Gasteiger partial charge in [0.2, 0.25) is 0 Å². The Morgan fingerprint density at radius 1 is 1.12 bits per heavy atom. The SMILES string of the molecule is CS(=O)(=Nc1ccc(-c2nc(C(F)(F)F)n[nH]2)cc1)c1ccccn1. The minimum absolute atomic E-state index is 0.0131. The lowest BCUT2D eigenvalue weighted by atomic mass is 10.2. The molecule has 0 amide bonds. The molecule has 0 radical (unpaired) electrons. The van der Waals surface area contributed by atoms with Gasteiger partial charge in [0, 0.05) is 18.0 Å². The summed E-state index contributed by atoms with van der Waals surface area (Å²) in [6, 6.07) is 11.2. The first-order chi connectivity index (χ1) is 11.8. The van der Waals surface area contributed by atoms with Crippen molar-refractivity contribution < 1.29 is 17.4 Å². The zero-order valence-electron chi connectivity index (χ0n) is 12.9. The molecule has 1 aromatic carbocycles. The third-order valence-electron chi connectivity index (χ3n) is 3.19. The van der Waals surface area contributed by atoms with Gasteiger partial charge in [0.25, 0.3) is 5.82 Å². The van der Waals surface area contributed by atoms with Crippen LogP contribution in [0.25, 0.3) is 11.4 Å². The summed E-state index contributed by atoms with van der Waals surface area (Å²) in [7, 11) is -2.73. The smallest absolute Gasteiger partial charge is 0.259 e. The van der Waals surface area contributed by atoms with Crippen molar-refractivity contribution in [1.29, 1.82) is 0 Å². The predicted octanol–water partition coefficient (Wildman–Crippen LogP) is 3.67. The highest BCUT2D eigenvalue weighted by Crippen LogP contribution is 2.28. The molecule has 0 aliphatic rings. The van der Waals surface area contributed by atoms with Gasteiger partial charge in [-0.05, 0) is 36.4 Å². The third kappa shape index (κ3) is 3.85. The number of nitrogens with zero attached hydrogens (tertiary/aromatic N) is 4. The van der Waals surface area contributed by atoms with E-state index in [-0.39, 0.29) is 5.82 Å². The first kappa shape index (κ1) is 17.1. The molecule has 1 N–H and O–H groups in total. The van der Waals surface area contributed by atoms with Crippen LogP contribution in [-0.4, -0.2) is 30.6 Å². The molecule has 0 spiro atoms. The van der Waals surface area contributed by atoms with Crippen molar-refractivity contribution in [2.75, 3.05) is 6.26 Å². The number of rotatable bonds is 3. The highest BCUT2D eigenvalue weighted by molar-refractivity contribution is 7.93. The molecule has 0 fully saturated rings. The summed E-state index contributed by atoms with van der Waals surface area (Å²) < 4.78 is 54.4. The third-order valence-corrected chi connectivity index (χ3v) is 4.76. The van der Waals surface area contributed by atoms with E-state index in [4.69, 9.17) is 0 Å². The number of hydrogen-bond donors (Lipinski definition) is 1. The number of alkyl halides is 3. The van der Waals surface area contributed by atoms with Crippen molar-refractivity contribution in [3.63, 3.8) is 0 Å². The van der Waals surface area contributed by atoms with Crippen molar-refractivity contribution in [3.05, 3.63) is 54.5 Å². The molecule has 0 aliphatic carbocycles. The number of pyridine rings is 1. The average molecular weight is 367 g/mol. The van der Waals surface area contributed by atoms with E-state index in [0.717, 1.165) is 0 Å². The number of benzene rings is 1. The maximum absolute atomic E-state index is 12.6. The van der Waals surface area contributed by atoms with Crippen LogP contribution < -0.4 is 0 Å². The molecule has 3 rings (SSSR count). The Kier molecular flexibility index (Phi) is 4.29. The second-order valence-corrected chi connectivity index (χ2v) is 7.32. The summed E-state index contributed by atoms with van der Waals surface area (Å²) in [5, 5.41) is 5.74. The molecular formula is C15H12F3N5OS. The molecule has 3 aromatic rings.